The Labute approximate surface area is 136 Å². The highest BCUT2D eigenvalue weighted by atomic mass is 35.5. The van der Waals surface area contributed by atoms with E-state index in [2.05, 4.69) is 15.7 Å². The Morgan fingerprint density at radius 2 is 2.14 bits per heavy atom. The molecule has 0 bridgehead atoms. The fraction of sp³-hybridized carbons (Fsp3) is 0.500. The van der Waals surface area contributed by atoms with Crippen LogP contribution in [0.1, 0.15) is 30.8 Å². The SMILES string of the molecule is CCCNC(=O)N(NC(=O)CCl)c1nc(C(=O)OCC)cs1. The fourth-order valence-corrected chi connectivity index (χ4v) is 2.13. The van der Waals surface area contributed by atoms with Gasteiger partial charge in [0.2, 0.25) is 5.13 Å². The van der Waals surface area contributed by atoms with Crippen molar-refractivity contribution in [2.24, 2.45) is 0 Å². The van der Waals surface area contributed by atoms with Crippen molar-refractivity contribution in [2.75, 3.05) is 24.0 Å². The summed E-state index contributed by atoms with van der Waals surface area (Å²) in [5.74, 6) is -1.47. The lowest BCUT2D eigenvalue weighted by molar-refractivity contribution is -0.118. The molecule has 0 saturated carbocycles. The molecule has 2 N–H and O–H groups in total. The number of halogens is 1. The first kappa shape index (κ1) is 18.2. The average Bonchev–Trinajstić information content (AvgIpc) is 2.99. The smallest absolute Gasteiger partial charge is 0.357 e. The third-order valence-electron chi connectivity index (χ3n) is 2.26. The molecular weight excluding hydrogens is 332 g/mol. The number of aromatic nitrogens is 1. The minimum atomic E-state index is -0.595. The number of hydrazine groups is 1. The van der Waals surface area contributed by atoms with E-state index in [0.29, 0.717) is 6.54 Å². The van der Waals surface area contributed by atoms with E-state index >= 15 is 0 Å². The van der Waals surface area contributed by atoms with E-state index in [9.17, 15) is 14.4 Å². The molecule has 0 aliphatic heterocycles. The summed E-state index contributed by atoms with van der Waals surface area (Å²) in [5.41, 5.74) is 2.39. The van der Waals surface area contributed by atoms with Gasteiger partial charge in [-0.25, -0.2) is 14.6 Å². The van der Waals surface area contributed by atoms with Crippen LogP contribution in [0.3, 0.4) is 0 Å². The number of alkyl halides is 1. The number of rotatable bonds is 6. The number of nitrogens with zero attached hydrogens (tertiary/aromatic N) is 2. The van der Waals surface area contributed by atoms with Crippen LogP contribution in [-0.2, 0) is 9.53 Å². The lowest BCUT2D eigenvalue weighted by Crippen LogP contribution is -2.51. The summed E-state index contributed by atoms with van der Waals surface area (Å²) >= 11 is 6.45. The van der Waals surface area contributed by atoms with Gasteiger partial charge in [0.1, 0.15) is 5.88 Å². The van der Waals surface area contributed by atoms with Gasteiger partial charge in [-0.2, -0.15) is 5.01 Å². The molecule has 122 valence electrons. The Morgan fingerprint density at radius 1 is 1.41 bits per heavy atom. The Morgan fingerprint density at radius 3 is 2.73 bits per heavy atom. The lowest BCUT2D eigenvalue weighted by atomic mass is 10.5. The van der Waals surface area contributed by atoms with Gasteiger partial charge in [-0.3, -0.25) is 10.2 Å². The molecule has 0 fully saturated rings. The summed E-state index contributed by atoms with van der Waals surface area (Å²) in [7, 11) is 0. The number of carbonyl (C=O) groups is 3. The topological polar surface area (TPSA) is 101 Å². The largest absolute Gasteiger partial charge is 0.461 e. The number of amides is 3. The van der Waals surface area contributed by atoms with Crippen LogP contribution < -0.4 is 15.8 Å². The first-order valence-electron chi connectivity index (χ1n) is 6.59. The molecule has 0 saturated heterocycles. The zero-order valence-electron chi connectivity index (χ0n) is 12.2. The molecule has 1 aromatic rings. The van der Waals surface area contributed by atoms with E-state index in [0.717, 1.165) is 22.8 Å². The quantitative estimate of drug-likeness (QED) is 0.461. The van der Waals surface area contributed by atoms with Gasteiger partial charge < -0.3 is 10.1 Å². The Balaban J connectivity index is 2.92. The highest BCUT2D eigenvalue weighted by Crippen LogP contribution is 2.20. The Kier molecular flexibility index (Phi) is 7.61. The van der Waals surface area contributed by atoms with Gasteiger partial charge in [0.05, 0.1) is 6.61 Å². The maximum Gasteiger partial charge on any atom is 0.357 e. The molecule has 3 amide bonds. The van der Waals surface area contributed by atoms with Gasteiger partial charge in [-0.1, -0.05) is 6.92 Å². The molecule has 0 radical (unpaired) electrons. The summed E-state index contributed by atoms with van der Waals surface area (Å²) < 4.78 is 4.83. The first-order chi connectivity index (χ1) is 10.5. The van der Waals surface area contributed by atoms with E-state index in [-0.39, 0.29) is 23.3 Å². The Bertz CT molecular complexity index is 537. The molecule has 0 spiro atoms. The van der Waals surface area contributed by atoms with Crippen LogP contribution in [0, 0.1) is 0 Å². The summed E-state index contributed by atoms with van der Waals surface area (Å²) in [6.07, 6.45) is 0.731. The number of nitrogens with one attached hydrogen (secondary N) is 2. The van der Waals surface area contributed by atoms with Crippen LogP contribution in [0.15, 0.2) is 5.38 Å². The summed E-state index contributed by atoms with van der Waals surface area (Å²) in [6.45, 7) is 4.22. The molecule has 1 heterocycles. The second kappa shape index (κ2) is 9.21. The van der Waals surface area contributed by atoms with Gasteiger partial charge in [0.25, 0.3) is 5.91 Å². The Hall–Kier alpha value is -1.87. The van der Waals surface area contributed by atoms with Crippen molar-refractivity contribution in [3.05, 3.63) is 11.1 Å². The fourth-order valence-electron chi connectivity index (χ4n) is 1.32. The van der Waals surface area contributed by atoms with Gasteiger partial charge in [0.15, 0.2) is 5.69 Å². The minimum absolute atomic E-state index is 0.0651. The number of thiazole rings is 1. The number of hydrogen-bond acceptors (Lipinski definition) is 6. The minimum Gasteiger partial charge on any atom is -0.461 e. The van der Waals surface area contributed by atoms with Crippen molar-refractivity contribution in [3.8, 4) is 0 Å². The first-order valence-corrected chi connectivity index (χ1v) is 8.00. The van der Waals surface area contributed by atoms with Crippen LogP contribution in [-0.4, -0.2) is 41.9 Å². The van der Waals surface area contributed by atoms with Crippen LogP contribution in [0.4, 0.5) is 9.93 Å². The van der Waals surface area contributed by atoms with E-state index in [1.54, 1.807) is 6.92 Å². The predicted molar refractivity (Wildman–Crippen MR) is 83.1 cm³/mol. The summed E-state index contributed by atoms with van der Waals surface area (Å²) in [4.78, 5) is 39.1. The average molecular weight is 349 g/mol. The number of ether oxygens (including phenoxy) is 1. The van der Waals surface area contributed by atoms with Crippen LogP contribution in [0.5, 0.6) is 0 Å². The molecule has 22 heavy (non-hydrogen) atoms. The van der Waals surface area contributed by atoms with E-state index in [1.165, 1.54) is 5.38 Å². The van der Waals surface area contributed by atoms with Gasteiger partial charge in [0, 0.05) is 11.9 Å². The zero-order chi connectivity index (χ0) is 16.5. The van der Waals surface area contributed by atoms with Crippen LogP contribution in [0.25, 0.3) is 0 Å². The van der Waals surface area contributed by atoms with Crippen molar-refractivity contribution >= 4 is 46.0 Å². The standard InChI is InChI=1S/C12H17ClN4O4S/c1-3-5-14-11(20)17(16-9(18)6-13)12-15-8(7-22-12)10(19)21-4-2/h7H,3-6H2,1-2H3,(H,14,20)(H,16,18). The predicted octanol–water partition coefficient (Wildman–Crippen LogP) is 1.52. The van der Waals surface area contributed by atoms with Crippen LogP contribution >= 0.6 is 22.9 Å². The highest BCUT2D eigenvalue weighted by Gasteiger charge is 2.23. The monoisotopic (exact) mass is 348 g/mol. The molecule has 1 rings (SSSR count). The van der Waals surface area contributed by atoms with Crippen LogP contribution in [0.2, 0.25) is 0 Å². The molecule has 8 nitrogen and oxygen atoms in total. The van der Waals surface area contributed by atoms with Gasteiger partial charge in [-0.05, 0) is 13.3 Å². The normalized spacial score (nSPS) is 9.95. The van der Waals surface area contributed by atoms with Crippen molar-refractivity contribution in [2.45, 2.75) is 20.3 Å². The number of carbonyl (C=O) groups excluding carboxylic acids is 3. The molecule has 0 aromatic carbocycles. The van der Waals surface area contributed by atoms with E-state index in [4.69, 9.17) is 16.3 Å². The van der Waals surface area contributed by atoms with Gasteiger partial charge in [-0.15, -0.1) is 22.9 Å². The van der Waals surface area contributed by atoms with E-state index in [1.807, 2.05) is 6.92 Å². The van der Waals surface area contributed by atoms with Crippen molar-refractivity contribution in [1.82, 2.24) is 15.7 Å². The van der Waals surface area contributed by atoms with Crippen molar-refractivity contribution in [3.63, 3.8) is 0 Å². The summed E-state index contributed by atoms with van der Waals surface area (Å²) in [5, 5.41) is 5.11. The maximum atomic E-state index is 12.1. The molecule has 10 heteroatoms. The molecular formula is C12H17ClN4O4S. The maximum absolute atomic E-state index is 12.1. The van der Waals surface area contributed by atoms with Crippen molar-refractivity contribution in [1.29, 1.82) is 0 Å². The molecule has 1 aromatic heterocycles. The number of urea groups is 1. The number of esters is 1. The number of hydrogen-bond donors (Lipinski definition) is 2. The molecule has 0 aliphatic carbocycles. The van der Waals surface area contributed by atoms with Crippen molar-refractivity contribution < 1.29 is 19.1 Å². The second-order valence-electron chi connectivity index (χ2n) is 3.97. The zero-order valence-corrected chi connectivity index (χ0v) is 13.8. The third-order valence-corrected chi connectivity index (χ3v) is 3.32. The van der Waals surface area contributed by atoms with E-state index < -0.39 is 17.9 Å². The lowest BCUT2D eigenvalue weighted by Gasteiger charge is -2.20. The molecule has 0 unspecified atom stereocenters. The second-order valence-corrected chi connectivity index (χ2v) is 5.08. The van der Waals surface area contributed by atoms with Gasteiger partial charge >= 0.3 is 12.0 Å². The molecule has 0 atom stereocenters. The third kappa shape index (κ3) is 5.15. The highest BCUT2D eigenvalue weighted by molar-refractivity contribution is 7.14. The summed E-state index contributed by atoms with van der Waals surface area (Å²) in [6, 6.07) is -0.565. The molecule has 0 aliphatic rings. The number of anilines is 1.